The molecule has 0 saturated carbocycles. The monoisotopic (exact) mass is 383 g/mol. The Morgan fingerprint density at radius 1 is 1.00 bits per heavy atom. The Kier molecular flexibility index (Phi) is 7.08. The third-order valence-electron chi connectivity index (χ3n) is 3.15. The number of carbonyl (C=O) groups is 2. The zero-order valence-electron chi connectivity index (χ0n) is 13.5. The Bertz CT molecular complexity index is 723. The summed E-state index contributed by atoms with van der Waals surface area (Å²) < 4.78 is 41.2. The van der Waals surface area contributed by atoms with Gasteiger partial charge >= 0.3 is 12.1 Å². The maximum absolute atomic E-state index is 12.4. The van der Waals surface area contributed by atoms with Gasteiger partial charge in [0.15, 0.2) is 6.61 Å². The van der Waals surface area contributed by atoms with Gasteiger partial charge in [-0.1, -0.05) is 48.5 Å². The van der Waals surface area contributed by atoms with Crippen LogP contribution in [0.25, 0.3) is 0 Å². The number of esters is 1. The summed E-state index contributed by atoms with van der Waals surface area (Å²) in [6, 6.07) is 17.9. The van der Waals surface area contributed by atoms with Crippen LogP contribution in [0.5, 0.6) is 0 Å². The van der Waals surface area contributed by atoms with Crippen molar-refractivity contribution >= 4 is 23.6 Å². The minimum absolute atomic E-state index is 0.669. The summed E-state index contributed by atoms with van der Waals surface area (Å²) in [4.78, 5) is 24.6. The average Bonchev–Trinajstić information content (AvgIpc) is 2.63. The highest BCUT2D eigenvalue weighted by atomic mass is 32.2. The van der Waals surface area contributed by atoms with Crippen LogP contribution in [0.1, 0.15) is 10.8 Å². The molecule has 0 bridgehead atoms. The van der Waals surface area contributed by atoms with Crippen LogP contribution in [0.3, 0.4) is 0 Å². The van der Waals surface area contributed by atoms with Gasteiger partial charge in [-0.15, -0.1) is 11.8 Å². The first-order chi connectivity index (χ1) is 12.3. The number of halogens is 3. The number of ether oxygens (including phenoxy) is 1. The van der Waals surface area contributed by atoms with Crippen LogP contribution in [0.4, 0.5) is 13.2 Å². The third-order valence-corrected chi connectivity index (χ3v) is 4.39. The van der Waals surface area contributed by atoms with E-state index in [2.05, 4.69) is 0 Å². The van der Waals surface area contributed by atoms with Crippen LogP contribution in [-0.2, 0) is 14.3 Å². The fraction of sp³-hybridized carbons (Fsp3) is 0.222. The molecule has 0 radical (unpaired) electrons. The zero-order valence-corrected chi connectivity index (χ0v) is 14.3. The van der Waals surface area contributed by atoms with E-state index in [4.69, 9.17) is 4.74 Å². The minimum Gasteiger partial charge on any atom is -0.454 e. The highest BCUT2D eigenvalue weighted by Crippen LogP contribution is 2.36. The van der Waals surface area contributed by atoms with Crippen molar-refractivity contribution in [3.63, 3.8) is 0 Å². The molecule has 0 aromatic heterocycles. The number of amides is 1. The molecule has 26 heavy (non-hydrogen) atoms. The Morgan fingerprint density at radius 2 is 1.58 bits per heavy atom. The van der Waals surface area contributed by atoms with Gasteiger partial charge in [0, 0.05) is 4.90 Å². The minimum atomic E-state index is -4.52. The van der Waals surface area contributed by atoms with E-state index in [1.54, 1.807) is 35.6 Å². The van der Waals surface area contributed by atoms with E-state index in [1.807, 2.05) is 30.3 Å². The normalized spacial score (nSPS) is 12.3. The molecular weight excluding hydrogens is 367 g/mol. The number of hydrogen-bond donors (Lipinski definition) is 1. The summed E-state index contributed by atoms with van der Waals surface area (Å²) >= 11 is 1.23. The van der Waals surface area contributed by atoms with Gasteiger partial charge in [0.25, 0.3) is 5.91 Å². The molecule has 138 valence electrons. The van der Waals surface area contributed by atoms with Gasteiger partial charge in [0.05, 0.1) is 0 Å². The second-order valence-corrected chi connectivity index (χ2v) is 6.40. The van der Waals surface area contributed by atoms with E-state index < -0.39 is 36.5 Å². The van der Waals surface area contributed by atoms with Crippen molar-refractivity contribution in [1.82, 2.24) is 5.32 Å². The Balaban J connectivity index is 2.01. The predicted octanol–water partition coefficient (Wildman–Crippen LogP) is 3.74. The van der Waals surface area contributed by atoms with Gasteiger partial charge in [0.2, 0.25) is 0 Å². The van der Waals surface area contributed by atoms with Gasteiger partial charge in [-0.2, -0.15) is 13.2 Å². The Labute approximate surface area is 152 Å². The van der Waals surface area contributed by atoms with Gasteiger partial charge in [-0.05, 0) is 17.7 Å². The number of nitrogens with one attached hydrogen (secondary N) is 1. The second kappa shape index (κ2) is 9.28. The number of thioether (sulfide) groups is 1. The molecule has 0 aliphatic rings. The van der Waals surface area contributed by atoms with E-state index in [0.717, 1.165) is 4.90 Å². The van der Waals surface area contributed by atoms with Crippen LogP contribution in [-0.4, -0.2) is 31.2 Å². The maximum Gasteiger partial charge on any atom is 0.405 e. The molecule has 0 saturated heterocycles. The van der Waals surface area contributed by atoms with Gasteiger partial charge < -0.3 is 10.1 Å². The van der Waals surface area contributed by atoms with Crippen molar-refractivity contribution in [2.75, 3.05) is 13.2 Å². The van der Waals surface area contributed by atoms with Crippen molar-refractivity contribution in [2.45, 2.75) is 16.3 Å². The molecule has 1 amide bonds. The average molecular weight is 383 g/mol. The maximum atomic E-state index is 12.4. The Morgan fingerprint density at radius 3 is 2.15 bits per heavy atom. The van der Waals surface area contributed by atoms with Crippen molar-refractivity contribution in [1.29, 1.82) is 0 Å². The highest BCUT2D eigenvalue weighted by Gasteiger charge is 2.28. The van der Waals surface area contributed by atoms with E-state index in [9.17, 15) is 22.8 Å². The lowest BCUT2D eigenvalue weighted by Crippen LogP contribution is -2.36. The van der Waals surface area contributed by atoms with Crippen molar-refractivity contribution in [3.05, 3.63) is 66.2 Å². The van der Waals surface area contributed by atoms with Gasteiger partial charge in [-0.25, -0.2) is 0 Å². The number of rotatable bonds is 7. The van der Waals surface area contributed by atoms with Gasteiger partial charge in [-0.3, -0.25) is 9.59 Å². The van der Waals surface area contributed by atoms with Crippen molar-refractivity contribution < 1.29 is 27.5 Å². The number of carbonyl (C=O) groups excluding carboxylic acids is 2. The molecular formula is C18H16F3NO3S. The zero-order chi connectivity index (χ0) is 19.0. The lowest BCUT2D eigenvalue weighted by Gasteiger charge is -2.16. The molecule has 0 aliphatic carbocycles. The quantitative estimate of drug-likeness (QED) is 0.585. The number of benzene rings is 2. The van der Waals surface area contributed by atoms with Gasteiger partial charge in [0.1, 0.15) is 11.8 Å². The van der Waals surface area contributed by atoms with Crippen LogP contribution in [0.2, 0.25) is 0 Å². The molecule has 2 aromatic carbocycles. The van der Waals surface area contributed by atoms with E-state index in [1.165, 1.54) is 11.8 Å². The van der Waals surface area contributed by atoms with E-state index in [0.29, 0.717) is 5.56 Å². The van der Waals surface area contributed by atoms with Crippen molar-refractivity contribution in [3.8, 4) is 0 Å². The van der Waals surface area contributed by atoms with Crippen LogP contribution in [0.15, 0.2) is 65.6 Å². The second-order valence-electron chi connectivity index (χ2n) is 5.22. The van der Waals surface area contributed by atoms with Crippen LogP contribution >= 0.6 is 11.8 Å². The van der Waals surface area contributed by atoms with Crippen LogP contribution in [0, 0.1) is 0 Å². The smallest absolute Gasteiger partial charge is 0.405 e. The molecule has 1 atom stereocenters. The SMILES string of the molecule is O=C(COC(=O)[C@H](Sc1ccccc1)c1ccccc1)NCC(F)(F)F. The molecule has 0 spiro atoms. The Hall–Kier alpha value is -2.48. The first-order valence-electron chi connectivity index (χ1n) is 7.62. The topological polar surface area (TPSA) is 55.4 Å². The van der Waals surface area contributed by atoms with Crippen molar-refractivity contribution in [2.24, 2.45) is 0 Å². The lowest BCUT2D eigenvalue weighted by molar-refractivity contribution is -0.151. The summed E-state index contributed by atoms with van der Waals surface area (Å²) in [5.41, 5.74) is 0.669. The predicted molar refractivity (Wildman–Crippen MR) is 91.5 cm³/mol. The summed E-state index contributed by atoms with van der Waals surface area (Å²) in [5, 5.41) is 0.917. The largest absolute Gasteiger partial charge is 0.454 e. The first kappa shape index (κ1) is 19.8. The van der Waals surface area contributed by atoms with E-state index >= 15 is 0 Å². The lowest BCUT2D eigenvalue weighted by atomic mass is 10.1. The molecule has 0 fully saturated rings. The number of alkyl halides is 3. The molecule has 1 N–H and O–H groups in total. The third kappa shape index (κ3) is 6.79. The fourth-order valence-corrected chi connectivity index (χ4v) is 3.02. The molecule has 0 heterocycles. The first-order valence-corrected chi connectivity index (χ1v) is 8.50. The molecule has 4 nitrogen and oxygen atoms in total. The van der Waals surface area contributed by atoms with E-state index in [-0.39, 0.29) is 0 Å². The fourth-order valence-electron chi connectivity index (χ4n) is 1.98. The molecule has 8 heteroatoms. The molecule has 2 rings (SSSR count). The summed E-state index contributed by atoms with van der Waals surface area (Å²) in [6.07, 6.45) is -4.52. The van der Waals surface area contributed by atoms with Crippen LogP contribution < -0.4 is 5.32 Å². The number of hydrogen-bond acceptors (Lipinski definition) is 4. The summed E-state index contributed by atoms with van der Waals surface area (Å²) in [5.74, 6) is -1.71. The summed E-state index contributed by atoms with van der Waals surface area (Å²) in [6.45, 7) is -2.24. The molecule has 0 unspecified atom stereocenters. The molecule has 0 aliphatic heterocycles. The molecule has 2 aromatic rings. The standard InChI is InChI=1S/C18H16F3NO3S/c19-18(20,21)12-22-15(23)11-25-17(24)16(13-7-3-1-4-8-13)26-14-9-5-2-6-10-14/h1-10,16H,11-12H2,(H,22,23)/t16-/m1/s1. The highest BCUT2D eigenvalue weighted by molar-refractivity contribution is 8.00. The summed E-state index contributed by atoms with van der Waals surface area (Å²) in [7, 11) is 0.